The average molecular weight is 348 g/mol. The van der Waals surface area contributed by atoms with Crippen LogP contribution in [0.25, 0.3) is 11.0 Å². The molecule has 0 aliphatic heterocycles. The van der Waals surface area contributed by atoms with E-state index in [1.807, 2.05) is 13.0 Å². The summed E-state index contributed by atoms with van der Waals surface area (Å²) in [5.74, 6) is -0.332. The van der Waals surface area contributed by atoms with E-state index < -0.39 is 17.7 Å². The van der Waals surface area contributed by atoms with E-state index in [1.54, 1.807) is 39.8 Å². The van der Waals surface area contributed by atoms with Crippen molar-refractivity contribution in [1.82, 2.24) is 20.6 Å². The minimum atomic E-state index is -0.743. The van der Waals surface area contributed by atoms with Crippen LogP contribution in [0.5, 0.6) is 0 Å². The van der Waals surface area contributed by atoms with Crippen LogP contribution < -0.4 is 16.3 Å². The molecule has 2 atom stereocenters. The van der Waals surface area contributed by atoms with Crippen LogP contribution in [-0.4, -0.2) is 33.6 Å². The van der Waals surface area contributed by atoms with Gasteiger partial charge in [-0.25, -0.2) is 9.59 Å². The number of rotatable bonds is 4. The second-order valence-corrected chi connectivity index (χ2v) is 6.98. The van der Waals surface area contributed by atoms with E-state index in [0.29, 0.717) is 11.0 Å². The molecule has 136 valence electrons. The average Bonchev–Trinajstić information content (AvgIpc) is 2.83. The number of nitrogens with one attached hydrogen (secondary N) is 4. The van der Waals surface area contributed by atoms with E-state index in [0.717, 1.165) is 5.56 Å². The lowest BCUT2D eigenvalue weighted by Gasteiger charge is -2.22. The minimum absolute atomic E-state index is 0.279. The molecule has 0 radical (unpaired) electrons. The van der Waals surface area contributed by atoms with Gasteiger partial charge in [-0.2, -0.15) is 0 Å². The third-order valence-electron chi connectivity index (χ3n) is 3.53. The Labute approximate surface area is 145 Å². The van der Waals surface area contributed by atoms with Gasteiger partial charge in [0.25, 0.3) is 0 Å². The lowest BCUT2D eigenvalue weighted by atomic mass is 10.1. The first kappa shape index (κ1) is 18.6. The molecule has 2 amide bonds. The smallest absolute Gasteiger partial charge is 0.408 e. The van der Waals surface area contributed by atoms with Gasteiger partial charge in [0.15, 0.2) is 0 Å². The molecule has 8 heteroatoms. The zero-order chi connectivity index (χ0) is 18.8. The summed E-state index contributed by atoms with van der Waals surface area (Å²) in [4.78, 5) is 40.6. The molecular weight excluding hydrogens is 324 g/mol. The monoisotopic (exact) mass is 348 g/mol. The fraction of sp³-hybridized carbons (Fsp3) is 0.471. The maximum absolute atomic E-state index is 12.3. The molecule has 0 saturated carbocycles. The Bertz CT molecular complexity index is 831. The summed E-state index contributed by atoms with van der Waals surface area (Å²) in [6.07, 6.45) is -0.644. The molecule has 0 saturated heterocycles. The highest BCUT2D eigenvalue weighted by atomic mass is 16.6. The quantitative estimate of drug-likeness (QED) is 0.675. The van der Waals surface area contributed by atoms with Crippen LogP contribution in [0, 0.1) is 0 Å². The molecule has 8 nitrogen and oxygen atoms in total. The van der Waals surface area contributed by atoms with Crippen LogP contribution in [0.1, 0.15) is 46.2 Å². The van der Waals surface area contributed by atoms with Crippen molar-refractivity contribution in [3.8, 4) is 0 Å². The number of aromatic amines is 2. The number of imidazole rings is 1. The summed E-state index contributed by atoms with van der Waals surface area (Å²) >= 11 is 0. The Hall–Kier alpha value is -2.77. The molecular formula is C17H24N4O4. The van der Waals surface area contributed by atoms with Crippen molar-refractivity contribution in [2.45, 2.75) is 52.3 Å². The van der Waals surface area contributed by atoms with Crippen molar-refractivity contribution < 1.29 is 14.3 Å². The highest BCUT2D eigenvalue weighted by Gasteiger charge is 2.22. The van der Waals surface area contributed by atoms with Crippen molar-refractivity contribution in [3.05, 3.63) is 34.2 Å². The molecule has 2 aromatic rings. The van der Waals surface area contributed by atoms with Gasteiger partial charge in [-0.15, -0.1) is 0 Å². The number of carbonyl (C=O) groups excluding carboxylic acids is 2. The third kappa shape index (κ3) is 5.10. The van der Waals surface area contributed by atoms with E-state index in [-0.39, 0.29) is 17.6 Å². The molecule has 4 N–H and O–H groups in total. The van der Waals surface area contributed by atoms with Crippen LogP contribution in [0.3, 0.4) is 0 Å². The summed E-state index contributed by atoms with van der Waals surface area (Å²) in [5, 5.41) is 5.32. The number of amides is 2. The third-order valence-corrected chi connectivity index (χ3v) is 3.53. The van der Waals surface area contributed by atoms with Gasteiger partial charge in [-0.05, 0) is 52.3 Å². The van der Waals surface area contributed by atoms with Crippen molar-refractivity contribution in [2.24, 2.45) is 0 Å². The predicted molar refractivity (Wildman–Crippen MR) is 94.3 cm³/mol. The molecule has 0 fully saturated rings. The molecule has 0 spiro atoms. The normalized spacial score (nSPS) is 14.0. The standard InChI is InChI=1S/C17H24N4O4/c1-9(11-6-7-12-13(8-11)21-15(23)20-12)18-14(22)10(2)19-16(24)25-17(3,4)5/h6-10H,1-5H3,(H,18,22)(H,19,24)(H2,20,21,23)/t9-,10+/m0/s1. The van der Waals surface area contributed by atoms with Crippen LogP contribution in [-0.2, 0) is 9.53 Å². The predicted octanol–water partition coefficient (Wildman–Crippen LogP) is 1.95. The lowest BCUT2D eigenvalue weighted by Crippen LogP contribution is -2.47. The van der Waals surface area contributed by atoms with Gasteiger partial charge in [-0.3, -0.25) is 4.79 Å². The fourth-order valence-electron chi connectivity index (χ4n) is 2.29. The largest absolute Gasteiger partial charge is 0.444 e. The first-order valence-electron chi connectivity index (χ1n) is 8.07. The number of aromatic nitrogens is 2. The maximum atomic E-state index is 12.3. The number of hydrogen-bond donors (Lipinski definition) is 4. The van der Waals surface area contributed by atoms with Crippen LogP contribution in [0.2, 0.25) is 0 Å². The minimum Gasteiger partial charge on any atom is -0.444 e. The SMILES string of the molecule is C[C@H](NC(=O)[C@@H](C)NC(=O)OC(C)(C)C)c1ccc2[nH]c(=O)[nH]c2c1. The molecule has 1 aromatic carbocycles. The summed E-state index contributed by atoms with van der Waals surface area (Å²) in [5.41, 5.74) is 1.30. The van der Waals surface area contributed by atoms with E-state index in [9.17, 15) is 14.4 Å². The van der Waals surface area contributed by atoms with Crippen molar-refractivity contribution in [3.63, 3.8) is 0 Å². The van der Waals surface area contributed by atoms with Crippen molar-refractivity contribution in [1.29, 1.82) is 0 Å². The molecule has 1 aromatic heterocycles. The maximum Gasteiger partial charge on any atom is 0.408 e. The zero-order valence-electron chi connectivity index (χ0n) is 15.0. The Morgan fingerprint density at radius 3 is 2.36 bits per heavy atom. The Balaban J connectivity index is 1.98. The molecule has 0 unspecified atom stereocenters. The summed E-state index contributed by atoms with van der Waals surface area (Å²) in [7, 11) is 0. The second kappa shape index (κ2) is 7.00. The van der Waals surface area contributed by atoms with Gasteiger partial charge in [0.2, 0.25) is 5.91 Å². The van der Waals surface area contributed by atoms with Gasteiger partial charge >= 0.3 is 11.8 Å². The fourth-order valence-corrected chi connectivity index (χ4v) is 2.29. The Kier molecular flexibility index (Phi) is 5.20. The molecule has 0 bridgehead atoms. The summed E-state index contributed by atoms with van der Waals surface area (Å²) < 4.78 is 5.13. The van der Waals surface area contributed by atoms with E-state index in [4.69, 9.17) is 4.74 Å². The highest BCUT2D eigenvalue weighted by molar-refractivity contribution is 5.85. The number of benzene rings is 1. The molecule has 2 rings (SSSR count). The second-order valence-electron chi connectivity index (χ2n) is 6.98. The van der Waals surface area contributed by atoms with Crippen LogP contribution in [0.15, 0.2) is 23.0 Å². The van der Waals surface area contributed by atoms with E-state index >= 15 is 0 Å². The number of carbonyl (C=O) groups is 2. The number of ether oxygens (including phenoxy) is 1. The molecule has 25 heavy (non-hydrogen) atoms. The van der Waals surface area contributed by atoms with Crippen LogP contribution >= 0.6 is 0 Å². The van der Waals surface area contributed by atoms with Crippen LogP contribution in [0.4, 0.5) is 4.79 Å². The Morgan fingerprint density at radius 1 is 1.08 bits per heavy atom. The zero-order valence-corrected chi connectivity index (χ0v) is 15.0. The first-order chi connectivity index (χ1) is 11.5. The van der Waals surface area contributed by atoms with Gasteiger partial charge in [0, 0.05) is 0 Å². The number of hydrogen-bond acceptors (Lipinski definition) is 4. The van der Waals surface area contributed by atoms with Gasteiger partial charge < -0.3 is 25.3 Å². The van der Waals surface area contributed by atoms with E-state index in [1.165, 1.54) is 0 Å². The molecule has 0 aliphatic carbocycles. The van der Waals surface area contributed by atoms with Gasteiger partial charge in [0.05, 0.1) is 17.1 Å². The number of H-pyrrole nitrogens is 2. The summed E-state index contributed by atoms with van der Waals surface area (Å²) in [6, 6.07) is 4.35. The van der Waals surface area contributed by atoms with Crippen molar-refractivity contribution in [2.75, 3.05) is 0 Å². The molecule has 0 aliphatic rings. The first-order valence-corrected chi connectivity index (χ1v) is 8.07. The number of alkyl carbamates (subject to hydrolysis) is 1. The van der Waals surface area contributed by atoms with E-state index in [2.05, 4.69) is 20.6 Å². The number of fused-ring (bicyclic) bond motifs is 1. The highest BCUT2D eigenvalue weighted by Crippen LogP contribution is 2.17. The Morgan fingerprint density at radius 2 is 1.72 bits per heavy atom. The van der Waals surface area contributed by atoms with Gasteiger partial charge in [-0.1, -0.05) is 6.07 Å². The lowest BCUT2D eigenvalue weighted by molar-refractivity contribution is -0.123. The van der Waals surface area contributed by atoms with Gasteiger partial charge in [0.1, 0.15) is 11.6 Å². The summed E-state index contributed by atoms with van der Waals surface area (Å²) in [6.45, 7) is 8.66. The van der Waals surface area contributed by atoms with Crippen molar-refractivity contribution >= 4 is 23.0 Å². The topological polar surface area (TPSA) is 116 Å². The molecule has 1 heterocycles.